The molecule has 2 aromatic heterocycles. The van der Waals surface area contributed by atoms with Crippen LogP contribution in [0.1, 0.15) is 10.5 Å². The van der Waals surface area contributed by atoms with E-state index >= 15 is 0 Å². The van der Waals surface area contributed by atoms with Crippen molar-refractivity contribution < 1.29 is 4.79 Å². The van der Waals surface area contributed by atoms with Crippen molar-refractivity contribution in [2.24, 2.45) is 0 Å². The zero-order valence-electron chi connectivity index (χ0n) is 10.5. The molecular formula is C15H11N3O2. The zero-order valence-corrected chi connectivity index (χ0v) is 10.5. The number of nitrogens with one attached hydrogen (secondary N) is 2. The van der Waals surface area contributed by atoms with Gasteiger partial charge >= 0.3 is 0 Å². The molecule has 98 valence electrons. The van der Waals surface area contributed by atoms with Gasteiger partial charge in [-0.1, -0.05) is 18.2 Å². The Balaban J connectivity index is 1.98. The molecular weight excluding hydrogens is 254 g/mol. The molecule has 20 heavy (non-hydrogen) atoms. The lowest BCUT2D eigenvalue weighted by molar-refractivity contribution is 0.102. The van der Waals surface area contributed by atoms with Gasteiger partial charge in [-0.15, -0.1) is 0 Å². The molecule has 5 nitrogen and oxygen atoms in total. The van der Waals surface area contributed by atoms with E-state index in [0.29, 0.717) is 11.1 Å². The first-order chi connectivity index (χ1) is 9.74. The highest BCUT2D eigenvalue weighted by molar-refractivity contribution is 6.04. The van der Waals surface area contributed by atoms with E-state index in [0.717, 1.165) is 5.39 Å². The molecule has 0 saturated heterocycles. The highest BCUT2D eigenvalue weighted by atomic mass is 16.2. The number of aromatic amines is 1. The second-order valence-electron chi connectivity index (χ2n) is 4.30. The van der Waals surface area contributed by atoms with Crippen LogP contribution in [0.15, 0.2) is 59.7 Å². The Labute approximate surface area is 114 Å². The smallest absolute Gasteiger partial charge is 0.272 e. The SMILES string of the molecule is O=C(Nc1cccnc1)c1cc2ccccc2c(=O)[nH]1. The van der Waals surface area contributed by atoms with Crippen LogP contribution in [0.3, 0.4) is 0 Å². The third kappa shape index (κ3) is 2.29. The largest absolute Gasteiger partial charge is 0.319 e. The second kappa shape index (κ2) is 4.97. The van der Waals surface area contributed by atoms with Crippen LogP contribution < -0.4 is 10.9 Å². The van der Waals surface area contributed by atoms with Crippen LogP contribution in [0.5, 0.6) is 0 Å². The molecule has 1 amide bonds. The number of amides is 1. The Bertz CT molecular complexity index is 825. The molecule has 2 N–H and O–H groups in total. The Morgan fingerprint density at radius 2 is 2.00 bits per heavy atom. The molecule has 0 unspecified atom stereocenters. The van der Waals surface area contributed by atoms with Crippen LogP contribution in [0, 0.1) is 0 Å². The van der Waals surface area contributed by atoms with Gasteiger partial charge in [0.25, 0.3) is 11.5 Å². The molecule has 0 fully saturated rings. The molecule has 0 atom stereocenters. The fourth-order valence-electron chi connectivity index (χ4n) is 1.97. The molecule has 0 saturated carbocycles. The molecule has 0 bridgehead atoms. The maximum atomic E-state index is 12.1. The summed E-state index contributed by atoms with van der Waals surface area (Å²) >= 11 is 0. The molecule has 0 spiro atoms. The summed E-state index contributed by atoms with van der Waals surface area (Å²) in [6.45, 7) is 0. The minimum Gasteiger partial charge on any atom is -0.319 e. The van der Waals surface area contributed by atoms with Gasteiger partial charge in [0.15, 0.2) is 0 Å². The number of H-pyrrole nitrogens is 1. The van der Waals surface area contributed by atoms with Crippen molar-refractivity contribution in [3.05, 3.63) is 70.9 Å². The van der Waals surface area contributed by atoms with Gasteiger partial charge in [0.05, 0.1) is 11.9 Å². The Morgan fingerprint density at radius 3 is 2.80 bits per heavy atom. The van der Waals surface area contributed by atoms with Gasteiger partial charge in [-0.05, 0) is 29.7 Å². The fraction of sp³-hybridized carbons (Fsp3) is 0. The van der Waals surface area contributed by atoms with Crippen molar-refractivity contribution in [1.82, 2.24) is 9.97 Å². The monoisotopic (exact) mass is 265 g/mol. The number of aromatic nitrogens is 2. The third-order valence-corrected chi connectivity index (χ3v) is 2.92. The fourth-order valence-corrected chi connectivity index (χ4v) is 1.97. The van der Waals surface area contributed by atoms with E-state index in [1.54, 1.807) is 42.6 Å². The minimum absolute atomic E-state index is 0.220. The standard InChI is InChI=1S/C15H11N3O2/c19-14-12-6-2-1-4-10(12)8-13(18-14)15(20)17-11-5-3-7-16-9-11/h1-9H,(H,17,20)(H,18,19). The normalized spacial score (nSPS) is 10.4. The number of fused-ring (bicyclic) bond motifs is 1. The number of benzene rings is 1. The number of rotatable bonds is 2. The Kier molecular flexibility index (Phi) is 3.01. The van der Waals surface area contributed by atoms with Gasteiger partial charge in [-0.2, -0.15) is 0 Å². The predicted octanol–water partition coefficient (Wildman–Crippen LogP) is 2.18. The van der Waals surface area contributed by atoms with Crippen molar-refractivity contribution in [2.45, 2.75) is 0 Å². The highest BCUT2D eigenvalue weighted by Gasteiger charge is 2.09. The van der Waals surface area contributed by atoms with E-state index in [-0.39, 0.29) is 17.2 Å². The van der Waals surface area contributed by atoms with Crippen molar-refractivity contribution in [1.29, 1.82) is 0 Å². The Hall–Kier alpha value is -2.95. The number of nitrogens with zero attached hydrogens (tertiary/aromatic N) is 1. The van der Waals surface area contributed by atoms with Crippen LogP contribution in [-0.4, -0.2) is 15.9 Å². The summed E-state index contributed by atoms with van der Waals surface area (Å²) in [5, 5.41) is 3.97. The topological polar surface area (TPSA) is 74.8 Å². The number of pyridine rings is 2. The van der Waals surface area contributed by atoms with Crippen molar-refractivity contribution >= 4 is 22.4 Å². The van der Waals surface area contributed by atoms with Gasteiger partial charge in [-0.3, -0.25) is 14.6 Å². The van der Waals surface area contributed by atoms with Gasteiger partial charge in [-0.25, -0.2) is 0 Å². The minimum atomic E-state index is -0.374. The molecule has 3 aromatic rings. The molecule has 0 aliphatic heterocycles. The lowest BCUT2D eigenvalue weighted by Gasteiger charge is -2.05. The Morgan fingerprint density at radius 1 is 1.15 bits per heavy atom. The molecule has 0 aliphatic carbocycles. The van der Waals surface area contributed by atoms with Crippen molar-refractivity contribution in [3.63, 3.8) is 0 Å². The molecule has 0 radical (unpaired) electrons. The maximum absolute atomic E-state index is 12.1. The van der Waals surface area contributed by atoms with Crippen LogP contribution in [-0.2, 0) is 0 Å². The lowest BCUT2D eigenvalue weighted by Crippen LogP contribution is -2.18. The number of carbonyl (C=O) groups is 1. The van der Waals surface area contributed by atoms with Crippen molar-refractivity contribution in [3.8, 4) is 0 Å². The van der Waals surface area contributed by atoms with Crippen LogP contribution in [0.4, 0.5) is 5.69 Å². The molecule has 0 aliphatic rings. The van der Waals surface area contributed by atoms with Crippen LogP contribution >= 0.6 is 0 Å². The summed E-state index contributed by atoms with van der Waals surface area (Å²) in [5.41, 5.74) is 0.517. The van der Waals surface area contributed by atoms with Gasteiger partial charge in [0, 0.05) is 11.6 Å². The first kappa shape index (κ1) is 12.1. The van der Waals surface area contributed by atoms with E-state index in [4.69, 9.17) is 0 Å². The van der Waals surface area contributed by atoms with E-state index in [1.807, 2.05) is 6.07 Å². The summed E-state index contributed by atoms with van der Waals surface area (Å²) in [5.74, 6) is -0.374. The second-order valence-corrected chi connectivity index (χ2v) is 4.30. The molecule has 3 rings (SSSR count). The lowest BCUT2D eigenvalue weighted by atomic mass is 10.1. The van der Waals surface area contributed by atoms with Gasteiger partial charge in [0.2, 0.25) is 0 Å². The van der Waals surface area contributed by atoms with E-state index in [9.17, 15) is 9.59 Å². The highest BCUT2D eigenvalue weighted by Crippen LogP contribution is 2.11. The summed E-state index contributed by atoms with van der Waals surface area (Å²) in [4.78, 5) is 30.5. The first-order valence-electron chi connectivity index (χ1n) is 6.07. The summed E-state index contributed by atoms with van der Waals surface area (Å²) in [6, 6.07) is 12.2. The van der Waals surface area contributed by atoms with E-state index < -0.39 is 0 Å². The zero-order chi connectivity index (χ0) is 13.9. The number of carbonyl (C=O) groups excluding carboxylic acids is 1. The first-order valence-corrected chi connectivity index (χ1v) is 6.07. The van der Waals surface area contributed by atoms with Crippen LogP contribution in [0.25, 0.3) is 10.8 Å². The number of anilines is 1. The number of hydrogen-bond acceptors (Lipinski definition) is 3. The summed E-state index contributed by atoms with van der Waals surface area (Å²) < 4.78 is 0. The molecule has 5 heteroatoms. The average molecular weight is 265 g/mol. The van der Waals surface area contributed by atoms with E-state index in [2.05, 4.69) is 15.3 Å². The quantitative estimate of drug-likeness (QED) is 0.745. The van der Waals surface area contributed by atoms with Gasteiger partial charge < -0.3 is 10.3 Å². The van der Waals surface area contributed by atoms with E-state index in [1.165, 1.54) is 6.20 Å². The maximum Gasteiger partial charge on any atom is 0.272 e. The van der Waals surface area contributed by atoms with Crippen LogP contribution in [0.2, 0.25) is 0 Å². The average Bonchev–Trinajstić information content (AvgIpc) is 2.48. The summed E-state index contributed by atoms with van der Waals surface area (Å²) in [6.07, 6.45) is 3.16. The van der Waals surface area contributed by atoms with Gasteiger partial charge in [0.1, 0.15) is 5.69 Å². The summed E-state index contributed by atoms with van der Waals surface area (Å²) in [7, 11) is 0. The predicted molar refractivity (Wildman–Crippen MR) is 76.8 cm³/mol. The van der Waals surface area contributed by atoms with Crippen molar-refractivity contribution in [2.75, 3.05) is 5.32 Å². The molecule has 1 aromatic carbocycles. The number of hydrogen-bond donors (Lipinski definition) is 2. The third-order valence-electron chi connectivity index (χ3n) is 2.92. The molecule has 2 heterocycles.